The van der Waals surface area contributed by atoms with Crippen LogP contribution in [-0.2, 0) is 19.1 Å². The van der Waals surface area contributed by atoms with E-state index in [-0.39, 0.29) is 28.8 Å². The van der Waals surface area contributed by atoms with E-state index in [1.54, 1.807) is 5.57 Å². The number of rotatable bonds is 5. The summed E-state index contributed by atoms with van der Waals surface area (Å²) in [6.45, 7) is 10.9. The molecule has 5 rings (SSSR count). The first-order valence-electron chi connectivity index (χ1n) is 13.5. The van der Waals surface area contributed by atoms with Crippen LogP contribution in [-0.4, -0.2) is 55.6 Å². The van der Waals surface area contributed by atoms with Gasteiger partial charge in [-0.05, 0) is 80.5 Å². The molecular formula is C28H43NO4. The molecule has 0 unspecified atom stereocenters. The number of nitrogens with zero attached hydrogens (tertiary/aromatic N) is 1. The largest absolute Gasteiger partial charge is 0.462 e. The summed E-state index contributed by atoms with van der Waals surface area (Å²) < 4.78 is 11.4. The lowest BCUT2D eigenvalue weighted by Crippen LogP contribution is -2.51. The van der Waals surface area contributed by atoms with Crippen molar-refractivity contribution in [2.45, 2.75) is 84.7 Å². The van der Waals surface area contributed by atoms with E-state index in [9.17, 15) is 9.59 Å². The molecule has 0 aromatic rings. The van der Waals surface area contributed by atoms with Crippen molar-refractivity contribution in [3.8, 4) is 0 Å². The van der Waals surface area contributed by atoms with E-state index < -0.39 is 0 Å². The SMILES string of the molecule is CC(=O)[C@H]1CC[C@H]2[C@@H]3CC=C4C[C@@H](OC(=O)CCN5CCOCC5)CC[C@]4(C)[C@H]3CC[C@]12C. The molecule has 7 atom stereocenters. The van der Waals surface area contributed by atoms with Gasteiger partial charge in [0.2, 0.25) is 0 Å². The molecule has 1 heterocycles. The maximum Gasteiger partial charge on any atom is 0.307 e. The molecule has 0 bridgehead atoms. The minimum absolute atomic E-state index is 0.0421. The van der Waals surface area contributed by atoms with E-state index in [0.717, 1.165) is 76.8 Å². The third-order valence-electron chi connectivity index (χ3n) is 10.6. The predicted molar refractivity (Wildman–Crippen MR) is 128 cm³/mol. The van der Waals surface area contributed by atoms with Crippen molar-refractivity contribution in [2.24, 2.45) is 34.5 Å². The first-order valence-corrected chi connectivity index (χ1v) is 13.5. The summed E-state index contributed by atoms with van der Waals surface area (Å²) in [4.78, 5) is 27.2. The molecule has 33 heavy (non-hydrogen) atoms. The molecule has 0 spiro atoms. The highest BCUT2D eigenvalue weighted by Crippen LogP contribution is 2.66. The molecule has 1 saturated heterocycles. The molecule has 0 amide bonds. The minimum Gasteiger partial charge on any atom is -0.462 e. The Bertz CT molecular complexity index is 802. The fourth-order valence-electron chi connectivity index (χ4n) is 8.71. The quantitative estimate of drug-likeness (QED) is 0.439. The Kier molecular flexibility index (Phi) is 6.50. The van der Waals surface area contributed by atoms with Crippen LogP contribution >= 0.6 is 0 Å². The second kappa shape index (κ2) is 9.11. The minimum atomic E-state index is -0.0426. The molecule has 5 nitrogen and oxygen atoms in total. The molecule has 0 aromatic heterocycles. The van der Waals surface area contributed by atoms with E-state index in [1.807, 2.05) is 6.92 Å². The summed E-state index contributed by atoms with van der Waals surface area (Å²) in [5.74, 6) is 2.77. The van der Waals surface area contributed by atoms with Crippen molar-refractivity contribution in [3.63, 3.8) is 0 Å². The molecule has 0 radical (unpaired) electrons. The van der Waals surface area contributed by atoms with Crippen LogP contribution < -0.4 is 0 Å². The highest BCUT2D eigenvalue weighted by atomic mass is 16.5. The summed E-state index contributed by atoms with van der Waals surface area (Å²) in [5, 5.41) is 0. The maximum absolute atomic E-state index is 12.5. The molecule has 4 fully saturated rings. The van der Waals surface area contributed by atoms with Gasteiger partial charge in [0, 0.05) is 32.0 Å². The summed E-state index contributed by atoms with van der Waals surface area (Å²) in [7, 11) is 0. The Morgan fingerprint density at radius 1 is 1.09 bits per heavy atom. The van der Waals surface area contributed by atoms with Gasteiger partial charge < -0.3 is 9.47 Å². The van der Waals surface area contributed by atoms with E-state index in [1.165, 1.54) is 19.3 Å². The van der Waals surface area contributed by atoms with Gasteiger partial charge in [-0.2, -0.15) is 0 Å². The number of esters is 1. The van der Waals surface area contributed by atoms with Gasteiger partial charge >= 0.3 is 5.97 Å². The van der Waals surface area contributed by atoms with Crippen LogP contribution in [0.25, 0.3) is 0 Å². The van der Waals surface area contributed by atoms with E-state index in [4.69, 9.17) is 9.47 Å². The highest BCUT2D eigenvalue weighted by molar-refractivity contribution is 5.79. The normalized spacial score (nSPS) is 43.1. The monoisotopic (exact) mass is 457 g/mol. The Labute approximate surface area is 199 Å². The van der Waals surface area contributed by atoms with E-state index >= 15 is 0 Å². The predicted octanol–water partition coefficient (Wildman–Crippen LogP) is 4.79. The van der Waals surface area contributed by atoms with E-state index in [2.05, 4.69) is 24.8 Å². The smallest absolute Gasteiger partial charge is 0.307 e. The third kappa shape index (κ3) is 4.22. The van der Waals surface area contributed by atoms with Crippen LogP contribution in [0.5, 0.6) is 0 Å². The van der Waals surface area contributed by atoms with Gasteiger partial charge in [-0.3, -0.25) is 14.5 Å². The van der Waals surface area contributed by atoms with Crippen molar-refractivity contribution in [2.75, 3.05) is 32.8 Å². The van der Waals surface area contributed by atoms with Gasteiger partial charge in [-0.1, -0.05) is 25.5 Å². The summed E-state index contributed by atoms with van der Waals surface area (Å²) in [6, 6.07) is 0. The van der Waals surface area contributed by atoms with Crippen molar-refractivity contribution in [3.05, 3.63) is 11.6 Å². The van der Waals surface area contributed by atoms with Crippen molar-refractivity contribution < 1.29 is 19.1 Å². The number of carbonyl (C=O) groups is 2. The Morgan fingerprint density at radius 3 is 2.64 bits per heavy atom. The molecule has 3 saturated carbocycles. The Balaban J connectivity index is 1.21. The highest BCUT2D eigenvalue weighted by Gasteiger charge is 2.59. The number of ketones is 1. The van der Waals surface area contributed by atoms with Gasteiger partial charge in [0.05, 0.1) is 19.6 Å². The zero-order valence-corrected chi connectivity index (χ0v) is 20.9. The fourth-order valence-corrected chi connectivity index (χ4v) is 8.71. The lowest BCUT2D eigenvalue weighted by atomic mass is 9.47. The van der Waals surface area contributed by atoms with Gasteiger partial charge in [0.15, 0.2) is 0 Å². The number of ether oxygens (including phenoxy) is 2. The number of hydrogen-bond acceptors (Lipinski definition) is 5. The zero-order chi connectivity index (χ0) is 23.2. The average Bonchev–Trinajstić information content (AvgIpc) is 3.16. The van der Waals surface area contributed by atoms with Gasteiger partial charge in [0.25, 0.3) is 0 Å². The molecule has 4 aliphatic carbocycles. The second-order valence-corrected chi connectivity index (χ2v) is 12.1. The lowest BCUT2D eigenvalue weighted by molar-refractivity contribution is -0.152. The molecular weight excluding hydrogens is 414 g/mol. The van der Waals surface area contributed by atoms with E-state index in [0.29, 0.717) is 18.1 Å². The number of hydrogen-bond donors (Lipinski definition) is 0. The van der Waals surface area contributed by atoms with Crippen LogP contribution in [0.4, 0.5) is 0 Å². The zero-order valence-electron chi connectivity index (χ0n) is 20.9. The van der Waals surface area contributed by atoms with Crippen molar-refractivity contribution in [1.82, 2.24) is 4.90 Å². The Morgan fingerprint density at radius 2 is 1.88 bits per heavy atom. The number of allylic oxidation sites excluding steroid dienone is 1. The second-order valence-electron chi connectivity index (χ2n) is 12.1. The molecule has 5 aliphatic rings. The Hall–Kier alpha value is -1.20. The maximum atomic E-state index is 12.5. The average molecular weight is 458 g/mol. The first-order chi connectivity index (χ1) is 15.8. The van der Waals surface area contributed by atoms with Crippen LogP contribution in [0.15, 0.2) is 11.6 Å². The first kappa shape index (κ1) is 23.5. The van der Waals surface area contributed by atoms with Gasteiger partial charge in [-0.15, -0.1) is 0 Å². The topological polar surface area (TPSA) is 55.8 Å². The lowest BCUT2D eigenvalue weighted by Gasteiger charge is -2.58. The van der Waals surface area contributed by atoms with Crippen LogP contribution in [0, 0.1) is 34.5 Å². The molecule has 0 aromatic carbocycles. The number of morpholine rings is 1. The number of carbonyl (C=O) groups excluding carboxylic acids is 2. The summed E-state index contributed by atoms with van der Waals surface area (Å²) >= 11 is 0. The van der Waals surface area contributed by atoms with Crippen LogP contribution in [0.3, 0.4) is 0 Å². The molecule has 1 aliphatic heterocycles. The van der Waals surface area contributed by atoms with Crippen LogP contribution in [0.1, 0.15) is 78.6 Å². The molecule has 184 valence electrons. The van der Waals surface area contributed by atoms with Crippen LogP contribution in [0.2, 0.25) is 0 Å². The number of fused-ring (bicyclic) bond motifs is 5. The fraction of sp³-hybridized carbons (Fsp3) is 0.857. The summed E-state index contributed by atoms with van der Waals surface area (Å²) in [5.41, 5.74) is 2.00. The standard InChI is InChI=1S/C28H43NO4/c1-19(30)23-6-7-24-22-5-4-20-18-21(33-26(31)10-13-29-14-16-32-17-15-29)8-11-27(20,2)25(22)9-12-28(23,24)3/h4,21-25H,5-18H2,1-3H3/t21-,22-,23+,24-,25-,27-,28+/m0/s1. The molecule has 5 heteroatoms. The van der Waals surface area contributed by atoms with Crippen molar-refractivity contribution in [1.29, 1.82) is 0 Å². The third-order valence-corrected chi connectivity index (χ3v) is 10.6. The van der Waals surface area contributed by atoms with Crippen molar-refractivity contribution >= 4 is 11.8 Å². The van der Waals surface area contributed by atoms with Gasteiger partial charge in [0.1, 0.15) is 11.9 Å². The number of Topliss-reactive ketones (excluding diaryl/α,β-unsaturated/α-hetero) is 1. The summed E-state index contributed by atoms with van der Waals surface area (Å²) in [6.07, 6.45) is 12.0. The van der Waals surface area contributed by atoms with Gasteiger partial charge in [-0.25, -0.2) is 0 Å². The molecule has 0 N–H and O–H groups in total.